The van der Waals surface area contributed by atoms with Crippen LogP contribution in [0.15, 0.2) is 30.3 Å². The molecule has 0 unspecified atom stereocenters. The summed E-state index contributed by atoms with van der Waals surface area (Å²) in [4.78, 5) is 16.1. The van der Waals surface area contributed by atoms with E-state index < -0.39 is 0 Å². The molecule has 1 aromatic rings. The highest BCUT2D eigenvalue weighted by Crippen LogP contribution is 2.21. The van der Waals surface area contributed by atoms with Crippen LogP contribution in [0, 0.1) is 17.2 Å². The van der Waals surface area contributed by atoms with Crippen LogP contribution >= 0.6 is 0 Å². The molecule has 0 saturated carbocycles. The number of rotatable bonds is 6. The number of nitriles is 1. The third-order valence-corrected chi connectivity index (χ3v) is 4.34. The number of amides is 1. The van der Waals surface area contributed by atoms with Crippen molar-refractivity contribution >= 4 is 5.91 Å². The Morgan fingerprint density at radius 1 is 1.32 bits per heavy atom. The molecule has 1 aliphatic heterocycles. The first-order valence-corrected chi connectivity index (χ1v) is 8.06. The van der Waals surface area contributed by atoms with Crippen molar-refractivity contribution in [3.05, 3.63) is 35.9 Å². The summed E-state index contributed by atoms with van der Waals surface area (Å²) >= 11 is 0. The van der Waals surface area contributed by atoms with Crippen LogP contribution in [-0.2, 0) is 11.2 Å². The molecule has 1 fully saturated rings. The maximum Gasteiger partial charge on any atom is 0.236 e. The SMILES string of the molecule is CN(CCC#N)CC(=O)N1CCC(Cc2ccccc2)CC1. The summed E-state index contributed by atoms with van der Waals surface area (Å²) in [6.07, 6.45) is 3.76. The minimum atomic E-state index is 0.193. The summed E-state index contributed by atoms with van der Waals surface area (Å²) in [7, 11) is 1.90. The van der Waals surface area contributed by atoms with Crippen LogP contribution in [0.1, 0.15) is 24.8 Å². The molecule has 1 heterocycles. The number of hydrogen-bond acceptors (Lipinski definition) is 3. The molecular weight excluding hydrogens is 274 g/mol. The predicted octanol–water partition coefficient (Wildman–Crippen LogP) is 2.31. The van der Waals surface area contributed by atoms with E-state index in [1.165, 1.54) is 5.56 Å². The van der Waals surface area contributed by atoms with Crippen molar-refractivity contribution in [1.29, 1.82) is 5.26 Å². The topological polar surface area (TPSA) is 47.3 Å². The highest BCUT2D eigenvalue weighted by molar-refractivity contribution is 5.78. The monoisotopic (exact) mass is 299 g/mol. The van der Waals surface area contributed by atoms with Gasteiger partial charge in [0.2, 0.25) is 5.91 Å². The molecule has 0 spiro atoms. The van der Waals surface area contributed by atoms with Gasteiger partial charge in [-0.1, -0.05) is 30.3 Å². The molecule has 0 N–H and O–H groups in total. The highest BCUT2D eigenvalue weighted by atomic mass is 16.2. The van der Waals surface area contributed by atoms with Gasteiger partial charge in [0.15, 0.2) is 0 Å². The van der Waals surface area contributed by atoms with Gasteiger partial charge in [-0.05, 0) is 37.8 Å². The zero-order valence-corrected chi connectivity index (χ0v) is 13.4. The van der Waals surface area contributed by atoms with Gasteiger partial charge < -0.3 is 4.90 Å². The van der Waals surface area contributed by atoms with Gasteiger partial charge in [-0.25, -0.2) is 0 Å². The fourth-order valence-corrected chi connectivity index (χ4v) is 2.98. The Labute approximate surface area is 133 Å². The average Bonchev–Trinajstić information content (AvgIpc) is 2.54. The summed E-state index contributed by atoms with van der Waals surface area (Å²) in [5, 5.41) is 8.58. The lowest BCUT2D eigenvalue weighted by Gasteiger charge is -2.33. The predicted molar refractivity (Wildman–Crippen MR) is 87.2 cm³/mol. The molecule has 0 bridgehead atoms. The lowest BCUT2D eigenvalue weighted by Crippen LogP contribution is -2.43. The number of nitrogens with zero attached hydrogens (tertiary/aromatic N) is 3. The van der Waals surface area contributed by atoms with E-state index in [9.17, 15) is 4.79 Å². The van der Waals surface area contributed by atoms with Crippen LogP contribution in [0.5, 0.6) is 0 Å². The minimum absolute atomic E-state index is 0.193. The molecule has 4 nitrogen and oxygen atoms in total. The lowest BCUT2D eigenvalue weighted by atomic mass is 9.90. The maximum atomic E-state index is 12.2. The fourth-order valence-electron chi connectivity index (χ4n) is 2.98. The van der Waals surface area contributed by atoms with Crippen molar-refractivity contribution < 1.29 is 4.79 Å². The van der Waals surface area contributed by atoms with Gasteiger partial charge in [0.05, 0.1) is 12.6 Å². The number of likely N-dealkylation sites (N-methyl/N-ethyl adjacent to an activating group) is 1. The number of likely N-dealkylation sites (tertiary alicyclic amines) is 1. The molecule has 0 aliphatic carbocycles. The zero-order chi connectivity index (χ0) is 15.8. The van der Waals surface area contributed by atoms with Gasteiger partial charge in [-0.2, -0.15) is 5.26 Å². The van der Waals surface area contributed by atoms with E-state index in [0.717, 1.165) is 32.4 Å². The molecule has 1 saturated heterocycles. The van der Waals surface area contributed by atoms with Crippen LogP contribution < -0.4 is 0 Å². The van der Waals surface area contributed by atoms with Gasteiger partial charge in [-0.3, -0.25) is 9.69 Å². The molecule has 4 heteroatoms. The van der Waals surface area contributed by atoms with Crippen LogP contribution in [0.4, 0.5) is 0 Å². The van der Waals surface area contributed by atoms with Crippen LogP contribution in [0.2, 0.25) is 0 Å². The molecule has 2 rings (SSSR count). The lowest BCUT2D eigenvalue weighted by molar-refractivity contribution is -0.133. The average molecular weight is 299 g/mol. The molecule has 1 aromatic carbocycles. The fraction of sp³-hybridized carbons (Fsp3) is 0.556. The van der Waals surface area contributed by atoms with Crippen molar-refractivity contribution in [1.82, 2.24) is 9.80 Å². The number of carbonyl (C=O) groups is 1. The largest absolute Gasteiger partial charge is 0.342 e. The third-order valence-electron chi connectivity index (χ3n) is 4.34. The van der Waals surface area contributed by atoms with Gasteiger partial charge in [0.1, 0.15) is 0 Å². The Hall–Kier alpha value is -1.86. The normalized spacial score (nSPS) is 15.8. The number of hydrogen-bond donors (Lipinski definition) is 0. The molecule has 0 aromatic heterocycles. The highest BCUT2D eigenvalue weighted by Gasteiger charge is 2.23. The number of benzene rings is 1. The Morgan fingerprint density at radius 2 is 2.00 bits per heavy atom. The van der Waals surface area contributed by atoms with Crippen molar-refractivity contribution in [2.75, 3.05) is 33.2 Å². The maximum absolute atomic E-state index is 12.2. The molecule has 118 valence electrons. The van der Waals surface area contributed by atoms with Crippen molar-refractivity contribution in [2.24, 2.45) is 5.92 Å². The van der Waals surface area contributed by atoms with Gasteiger partial charge in [0.25, 0.3) is 0 Å². The summed E-state index contributed by atoms with van der Waals surface area (Å²) in [6.45, 7) is 2.81. The summed E-state index contributed by atoms with van der Waals surface area (Å²) in [5.41, 5.74) is 1.39. The molecule has 0 radical (unpaired) electrons. The van der Waals surface area contributed by atoms with Gasteiger partial charge in [-0.15, -0.1) is 0 Å². The van der Waals surface area contributed by atoms with E-state index in [0.29, 0.717) is 25.4 Å². The quantitative estimate of drug-likeness (QED) is 0.810. The molecule has 1 aliphatic rings. The standard InChI is InChI=1S/C18H25N3O/c1-20(11-5-10-19)15-18(22)21-12-8-17(9-13-21)14-16-6-3-2-4-7-16/h2-4,6-7,17H,5,8-9,11-15H2,1H3. The molecule has 22 heavy (non-hydrogen) atoms. The second-order valence-corrected chi connectivity index (χ2v) is 6.16. The van der Waals surface area contributed by atoms with Crippen molar-refractivity contribution in [3.8, 4) is 6.07 Å². The Bertz CT molecular complexity index is 501. The second kappa shape index (κ2) is 8.55. The minimum Gasteiger partial charge on any atom is -0.342 e. The van der Waals surface area contributed by atoms with Crippen molar-refractivity contribution in [2.45, 2.75) is 25.7 Å². The van der Waals surface area contributed by atoms with E-state index >= 15 is 0 Å². The first-order chi connectivity index (χ1) is 10.7. The number of carbonyl (C=O) groups excluding carboxylic acids is 1. The van der Waals surface area contributed by atoms with E-state index in [4.69, 9.17) is 5.26 Å². The van der Waals surface area contributed by atoms with Crippen molar-refractivity contribution in [3.63, 3.8) is 0 Å². The van der Waals surface area contributed by atoms with Crippen LogP contribution in [0.3, 0.4) is 0 Å². The summed E-state index contributed by atoms with van der Waals surface area (Å²) in [6, 6.07) is 12.7. The first-order valence-electron chi connectivity index (χ1n) is 8.06. The van der Waals surface area contributed by atoms with E-state index in [1.54, 1.807) is 0 Å². The van der Waals surface area contributed by atoms with Gasteiger partial charge >= 0.3 is 0 Å². The molecule has 0 atom stereocenters. The first kappa shape index (κ1) is 16.5. The Kier molecular flexibility index (Phi) is 6.42. The van der Waals surface area contributed by atoms with Gasteiger partial charge in [0, 0.05) is 26.1 Å². The van der Waals surface area contributed by atoms with E-state index in [1.807, 2.05) is 22.9 Å². The Morgan fingerprint density at radius 3 is 2.64 bits per heavy atom. The van der Waals surface area contributed by atoms with Crippen LogP contribution in [0.25, 0.3) is 0 Å². The third kappa shape index (κ3) is 5.16. The van der Waals surface area contributed by atoms with Crippen LogP contribution in [-0.4, -0.2) is 48.9 Å². The second-order valence-electron chi connectivity index (χ2n) is 6.16. The Balaban J connectivity index is 1.72. The molecule has 1 amide bonds. The smallest absolute Gasteiger partial charge is 0.236 e. The van der Waals surface area contributed by atoms with E-state index in [2.05, 4.69) is 30.3 Å². The van der Waals surface area contributed by atoms with E-state index in [-0.39, 0.29) is 5.91 Å². The summed E-state index contributed by atoms with van der Waals surface area (Å²) < 4.78 is 0. The summed E-state index contributed by atoms with van der Waals surface area (Å²) in [5.74, 6) is 0.876. The number of piperidine rings is 1. The zero-order valence-electron chi connectivity index (χ0n) is 13.4. The molecular formula is C18H25N3O.